The van der Waals surface area contributed by atoms with Gasteiger partial charge in [-0.3, -0.25) is 9.69 Å². The molecule has 0 radical (unpaired) electrons. The zero-order valence-corrected chi connectivity index (χ0v) is 15.9. The van der Waals surface area contributed by atoms with Crippen molar-refractivity contribution in [2.24, 2.45) is 5.92 Å². The maximum absolute atomic E-state index is 12.8. The van der Waals surface area contributed by atoms with E-state index in [9.17, 15) is 4.79 Å². The number of amides is 1. The van der Waals surface area contributed by atoms with E-state index in [1.807, 2.05) is 0 Å². The van der Waals surface area contributed by atoms with Crippen LogP contribution in [0.2, 0.25) is 0 Å². The number of fused-ring (bicyclic) bond motifs is 4. The summed E-state index contributed by atoms with van der Waals surface area (Å²) < 4.78 is 6.29. The van der Waals surface area contributed by atoms with Gasteiger partial charge in [0.1, 0.15) is 0 Å². The Labute approximate surface area is 156 Å². The zero-order valence-electron chi connectivity index (χ0n) is 14.3. The lowest BCUT2D eigenvalue weighted by atomic mass is 9.95. The number of nitrogens with two attached hydrogens (primary N) is 1. The number of carbonyl (C=O) groups is 1. The predicted octanol–water partition coefficient (Wildman–Crippen LogP) is 1.31. The van der Waals surface area contributed by atoms with Crippen molar-refractivity contribution in [1.82, 2.24) is 20.0 Å². The van der Waals surface area contributed by atoms with Gasteiger partial charge in [0, 0.05) is 44.9 Å². The molecule has 2 N–H and O–H groups in total. The van der Waals surface area contributed by atoms with Gasteiger partial charge in [0.05, 0.1) is 5.75 Å². The molecule has 0 spiro atoms. The number of piperidine rings is 1. The molecule has 2 atom stereocenters. The first-order valence-corrected chi connectivity index (χ1v) is 10.8. The van der Waals surface area contributed by atoms with E-state index >= 15 is 0 Å². The van der Waals surface area contributed by atoms with Crippen LogP contribution in [0, 0.1) is 5.92 Å². The number of carbonyl (C=O) groups excluding carboxylic acids is 1. The maximum Gasteiger partial charge on any atom is 0.233 e. The Morgan fingerprint density at radius 3 is 2.76 bits per heavy atom. The molecule has 1 amide bonds. The first kappa shape index (κ1) is 17.5. The van der Waals surface area contributed by atoms with Crippen LogP contribution in [0.25, 0.3) is 0 Å². The van der Waals surface area contributed by atoms with Crippen LogP contribution < -0.4 is 5.73 Å². The molecule has 1 aromatic heterocycles. The summed E-state index contributed by atoms with van der Waals surface area (Å²) in [6.45, 7) is 4.80. The molecule has 1 aromatic rings. The second-order valence-electron chi connectivity index (χ2n) is 7.14. The number of ether oxygens (including phenoxy) is 1. The number of nitrogen functional groups attached to an aromatic ring is 1. The summed E-state index contributed by atoms with van der Waals surface area (Å²) in [5.41, 5.74) is 5.61. The monoisotopic (exact) mass is 383 g/mol. The van der Waals surface area contributed by atoms with Gasteiger partial charge in [-0.1, -0.05) is 23.1 Å². The van der Waals surface area contributed by atoms with E-state index in [0.717, 1.165) is 56.5 Å². The zero-order chi connectivity index (χ0) is 17.2. The first-order valence-electron chi connectivity index (χ1n) is 9.02. The molecular weight excluding hydrogens is 358 g/mol. The Morgan fingerprint density at radius 1 is 1.16 bits per heavy atom. The molecule has 0 unspecified atom stereocenters. The quantitative estimate of drug-likeness (QED) is 0.785. The SMILES string of the molecule is Nc1nnc(SCC(=O)N2C[C@H]3CC[C@@H]2CN(C2CCOCC2)C3)s1. The highest BCUT2D eigenvalue weighted by Crippen LogP contribution is 2.32. The van der Waals surface area contributed by atoms with E-state index < -0.39 is 0 Å². The summed E-state index contributed by atoms with van der Waals surface area (Å²) in [5, 5.41) is 8.25. The minimum atomic E-state index is 0.224. The molecular formula is C16H25N5O2S2. The van der Waals surface area contributed by atoms with E-state index in [-0.39, 0.29) is 5.91 Å². The van der Waals surface area contributed by atoms with Crippen LogP contribution in [0.1, 0.15) is 25.7 Å². The van der Waals surface area contributed by atoms with Gasteiger partial charge in [0.2, 0.25) is 11.0 Å². The van der Waals surface area contributed by atoms with Crippen molar-refractivity contribution in [3.05, 3.63) is 0 Å². The lowest BCUT2D eigenvalue weighted by Crippen LogP contribution is -2.49. The Bertz CT molecular complexity index is 607. The average Bonchev–Trinajstić information content (AvgIpc) is 2.85. The summed E-state index contributed by atoms with van der Waals surface area (Å²) in [4.78, 5) is 17.6. The van der Waals surface area contributed by atoms with Crippen molar-refractivity contribution in [3.8, 4) is 0 Å². The fourth-order valence-corrected chi connectivity index (χ4v) is 5.78. The van der Waals surface area contributed by atoms with Crippen LogP contribution >= 0.6 is 23.1 Å². The highest BCUT2D eigenvalue weighted by molar-refractivity contribution is 8.01. The highest BCUT2D eigenvalue weighted by Gasteiger charge is 2.39. The van der Waals surface area contributed by atoms with Gasteiger partial charge >= 0.3 is 0 Å². The van der Waals surface area contributed by atoms with E-state index in [1.54, 1.807) is 0 Å². The molecule has 25 heavy (non-hydrogen) atoms. The lowest BCUT2D eigenvalue weighted by molar-refractivity contribution is -0.132. The number of thioether (sulfide) groups is 1. The van der Waals surface area contributed by atoms with Crippen molar-refractivity contribution >= 4 is 34.1 Å². The number of hydrogen-bond acceptors (Lipinski definition) is 8. The second kappa shape index (κ2) is 7.77. The minimum Gasteiger partial charge on any atom is -0.381 e. The van der Waals surface area contributed by atoms with E-state index in [1.165, 1.54) is 29.5 Å². The van der Waals surface area contributed by atoms with E-state index in [0.29, 0.717) is 28.9 Å². The Morgan fingerprint density at radius 2 is 2.00 bits per heavy atom. The molecule has 4 aliphatic rings. The molecule has 7 nitrogen and oxygen atoms in total. The topological polar surface area (TPSA) is 84.6 Å². The normalized spacial score (nSPS) is 28.2. The number of rotatable bonds is 4. The smallest absolute Gasteiger partial charge is 0.233 e. The van der Waals surface area contributed by atoms with Crippen molar-refractivity contribution in [3.63, 3.8) is 0 Å². The van der Waals surface area contributed by atoms with Gasteiger partial charge < -0.3 is 15.4 Å². The van der Waals surface area contributed by atoms with Crippen LogP contribution in [0.4, 0.5) is 5.13 Å². The van der Waals surface area contributed by atoms with Gasteiger partial charge in [-0.05, 0) is 31.6 Å². The third-order valence-corrected chi connectivity index (χ3v) is 7.38. The second-order valence-corrected chi connectivity index (χ2v) is 9.37. The molecule has 4 saturated heterocycles. The summed E-state index contributed by atoms with van der Waals surface area (Å²) in [7, 11) is 0. The first-order chi connectivity index (χ1) is 12.2. The predicted molar refractivity (Wildman–Crippen MR) is 98.7 cm³/mol. The van der Waals surface area contributed by atoms with Crippen molar-refractivity contribution < 1.29 is 9.53 Å². The molecule has 0 aliphatic carbocycles. The molecule has 0 saturated carbocycles. The number of anilines is 1. The summed E-state index contributed by atoms with van der Waals surface area (Å²) in [5.74, 6) is 1.25. The molecule has 4 fully saturated rings. The van der Waals surface area contributed by atoms with Crippen LogP contribution in [-0.4, -0.2) is 76.6 Å². The summed E-state index contributed by atoms with van der Waals surface area (Å²) in [6.07, 6.45) is 4.63. The standard InChI is InChI=1S/C16H25N5O2S2/c17-15-18-19-16(25-15)24-10-14(22)21-8-11-1-2-13(21)9-20(7-11)12-3-5-23-6-4-12/h11-13H,1-10H2,(H2,17,18)/t11-,13+/m0/s1. The van der Waals surface area contributed by atoms with Gasteiger partial charge in [-0.25, -0.2) is 0 Å². The molecule has 9 heteroatoms. The third kappa shape index (κ3) is 4.10. The van der Waals surface area contributed by atoms with Crippen molar-refractivity contribution in [2.45, 2.75) is 42.1 Å². The Balaban J connectivity index is 1.37. The average molecular weight is 384 g/mol. The van der Waals surface area contributed by atoms with Crippen LogP contribution in [0.5, 0.6) is 0 Å². The number of aromatic nitrogens is 2. The minimum absolute atomic E-state index is 0.224. The molecule has 5 rings (SSSR count). The van der Waals surface area contributed by atoms with E-state index in [4.69, 9.17) is 10.5 Å². The molecule has 0 aromatic carbocycles. The van der Waals surface area contributed by atoms with Crippen molar-refractivity contribution in [1.29, 1.82) is 0 Å². The van der Waals surface area contributed by atoms with E-state index in [2.05, 4.69) is 20.0 Å². The van der Waals surface area contributed by atoms with Gasteiger partial charge in [0.15, 0.2) is 4.34 Å². The Hall–Kier alpha value is -0.900. The number of hydrogen-bond donors (Lipinski definition) is 1. The molecule has 138 valence electrons. The summed E-state index contributed by atoms with van der Waals surface area (Å²) >= 11 is 2.79. The van der Waals surface area contributed by atoms with Crippen LogP contribution in [0.15, 0.2) is 4.34 Å². The van der Waals surface area contributed by atoms with Crippen LogP contribution in [0.3, 0.4) is 0 Å². The third-order valence-electron chi connectivity index (χ3n) is 5.51. The fraction of sp³-hybridized carbons (Fsp3) is 0.812. The maximum atomic E-state index is 12.8. The molecule has 2 bridgehead atoms. The fourth-order valence-electron chi connectivity index (χ4n) is 4.26. The van der Waals surface area contributed by atoms with Crippen molar-refractivity contribution in [2.75, 3.05) is 44.3 Å². The Kier molecular flexibility index (Phi) is 5.44. The highest BCUT2D eigenvalue weighted by atomic mass is 32.2. The van der Waals surface area contributed by atoms with Gasteiger partial charge in [-0.2, -0.15) is 0 Å². The van der Waals surface area contributed by atoms with Gasteiger partial charge in [-0.15, -0.1) is 10.2 Å². The number of nitrogens with zero attached hydrogens (tertiary/aromatic N) is 4. The lowest BCUT2D eigenvalue weighted by Gasteiger charge is -2.37. The molecule has 4 aliphatic heterocycles. The summed E-state index contributed by atoms with van der Waals surface area (Å²) in [6, 6.07) is 0.986. The largest absolute Gasteiger partial charge is 0.381 e. The van der Waals surface area contributed by atoms with Crippen LogP contribution in [-0.2, 0) is 9.53 Å². The van der Waals surface area contributed by atoms with Gasteiger partial charge in [0.25, 0.3) is 0 Å². The molecule has 5 heterocycles.